The summed E-state index contributed by atoms with van der Waals surface area (Å²) in [6.07, 6.45) is 0.221. The van der Waals surface area contributed by atoms with Crippen LogP contribution in [-0.4, -0.2) is 6.17 Å². The first-order valence-corrected chi connectivity index (χ1v) is 8.89. The molecule has 0 N–H and O–H groups in total. The van der Waals surface area contributed by atoms with E-state index in [0.29, 0.717) is 0 Å². The van der Waals surface area contributed by atoms with Crippen LogP contribution in [0.2, 0.25) is 0 Å². The predicted octanol–water partition coefficient (Wildman–Crippen LogP) is 6.25. The highest BCUT2D eigenvalue weighted by molar-refractivity contribution is 5.90. The number of anilines is 4. The van der Waals surface area contributed by atoms with Crippen molar-refractivity contribution in [2.45, 2.75) is 33.9 Å². The number of fused-ring (bicyclic) bond motifs is 1. The summed E-state index contributed by atoms with van der Waals surface area (Å²) < 4.78 is 0. The molecule has 0 radical (unpaired) electrons. The van der Waals surface area contributed by atoms with E-state index in [-0.39, 0.29) is 6.17 Å². The van der Waals surface area contributed by atoms with Crippen molar-refractivity contribution in [1.29, 1.82) is 0 Å². The van der Waals surface area contributed by atoms with Gasteiger partial charge in [-0.3, -0.25) is 0 Å². The lowest BCUT2D eigenvalue weighted by atomic mass is 10.1. The molecule has 0 fully saturated rings. The number of rotatable bonds is 2. The standard InChI is InChI=1S/C23H24N2/c1-16-10-5-6-13-20(16)24-19(4)25(22-15-8-7-14-21(22)24)23-17(2)11-9-12-18(23)3/h5-15,19H,1-4H3/t19-/m0/s1. The highest BCUT2D eigenvalue weighted by atomic mass is 15.4. The second-order valence-electron chi connectivity index (χ2n) is 6.89. The molecule has 0 aromatic heterocycles. The van der Waals surface area contributed by atoms with Gasteiger partial charge in [0.2, 0.25) is 0 Å². The molecule has 0 spiro atoms. The second-order valence-corrected chi connectivity index (χ2v) is 6.89. The SMILES string of the molecule is Cc1ccccc1N1c2ccccc2N(c2c(C)cccc2C)[C@H]1C. The Morgan fingerprint density at radius 2 is 1.04 bits per heavy atom. The van der Waals surface area contributed by atoms with E-state index in [4.69, 9.17) is 0 Å². The van der Waals surface area contributed by atoms with Gasteiger partial charge in [0.15, 0.2) is 0 Å². The maximum atomic E-state index is 2.48. The summed E-state index contributed by atoms with van der Waals surface area (Å²) in [5, 5.41) is 0. The van der Waals surface area contributed by atoms with Crippen LogP contribution in [0.3, 0.4) is 0 Å². The highest BCUT2D eigenvalue weighted by Crippen LogP contribution is 2.49. The zero-order chi connectivity index (χ0) is 17.6. The molecular weight excluding hydrogens is 304 g/mol. The van der Waals surface area contributed by atoms with Gasteiger partial charge in [-0.1, -0.05) is 48.5 Å². The minimum atomic E-state index is 0.221. The number of hydrogen-bond acceptors (Lipinski definition) is 2. The summed E-state index contributed by atoms with van der Waals surface area (Å²) >= 11 is 0. The summed E-state index contributed by atoms with van der Waals surface area (Å²) in [6.45, 7) is 8.88. The molecule has 4 rings (SSSR count). The summed E-state index contributed by atoms with van der Waals surface area (Å²) in [5.41, 5.74) is 9.06. The maximum absolute atomic E-state index is 2.48. The van der Waals surface area contributed by atoms with Crippen LogP contribution in [0.5, 0.6) is 0 Å². The maximum Gasteiger partial charge on any atom is 0.108 e. The quantitative estimate of drug-likeness (QED) is 0.549. The van der Waals surface area contributed by atoms with E-state index in [2.05, 4.69) is 104 Å². The van der Waals surface area contributed by atoms with E-state index < -0.39 is 0 Å². The molecule has 0 aliphatic carbocycles. The summed E-state index contributed by atoms with van der Waals surface area (Å²) in [6, 6.07) is 23.9. The zero-order valence-electron chi connectivity index (χ0n) is 15.3. The molecule has 3 aromatic carbocycles. The van der Waals surface area contributed by atoms with Gasteiger partial charge in [-0.15, -0.1) is 0 Å². The van der Waals surface area contributed by atoms with Gasteiger partial charge in [0.25, 0.3) is 0 Å². The van der Waals surface area contributed by atoms with Crippen LogP contribution in [0.4, 0.5) is 22.7 Å². The number of aryl methyl sites for hydroxylation is 3. The van der Waals surface area contributed by atoms with Crippen LogP contribution < -0.4 is 9.80 Å². The Hall–Kier alpha value is -2.74. The number of para-hydroxylation sites is 4. The Balaban J connectivity index is 1.93. The van der Waals surface area contributed by atoms with E-state index in [0.717, 1.165) is 0 Å². The second kappa shape index (κ2) is 5.96. The van der Waals surface area contributed by atoms with Gasteiger partial charge in [-0.25, -0.2) is 0 Å². The highest BCUT2D eigenvalue weighted by Gasteiger charge is 2.36. The summed E-state index contributed by atoms with van der Waals surface area (Å²) in [7, 11) is 0. The molecular formula is C23H24N2. The van der Waals surface area contributed by atoms with Gasteiger partial charge < -0.3 is 9.80 Å². The smallest absolute Gasteiger partial charge is 0.108 e. The van der Waals surface area contributed by atoms with Gasteiger partial charge in [0.1, 0.15) is 6.17 Å². The number of nitrogens with zero attached hydrogens (tertiary/aromatic N) is 2. The Kier molecular flexibility index (Phi) is 3.76. The van der Waals surface area contributed by atoms with E-state index in [1.54, 1.807) is 0 Å². The molecule has 2 nitrogen and oxygen atoms in total. The van der Waals surface area contributed by atoms with E-state index in [9.17, 15) is 0 Å². The molecule has 0 saturated heterocycles. The van der Waals surface area contributed by atoms with Crippen LogP contribution in [-0.2, 0) is 0 Å². The van der Waals surface area contributed by atoms with Crippen LogP contribution in [0.1, 0.15) is 23.6 Å². The van der Waals surface area contributed by atoms with E-state index >= 15 is 0 Å². The van der Waals surface area contributed by atoms with Crippen molar-refractivity contribution in [3.63, 3.8) is 0 Å². The topological polar surface area (TPSA) is 6.48 Å². The van der Waals surface area contributed by atoms with Crippen molar-refractivity contribution < 1.29 is 0 Å². The van der Waals surface area contributed by atoms with Gasteiger partial charge in [-0.05, 0) is 62.6 Å². The van der Waals surface area contributed by atoms with Gasteiger partial charge in [0, 0.05) is 11.4 Å². The van der Waals surface area contributed by atoms with Crippen LogP contribution in [0.25, 0.3) is 0 Å². The minimum Gasteiger partial charge on any atom is -0.318 e. The average Bonchev–Trinajstić information content (AvgIpc) is 2.88. The largest absolute Gasteiger partial charge is 0.318 e. The van der Waals surface area contributed by atoms with Crippen LogP contribution >= 0.6 is 0 Å². The predicted molar refractivity (Wildman–Crippen MR) is 107 cm³/mol. The lowest BCUT2D eigenvalue weighted by Crippen LogP contribution is -2.36. The van der Waals surface area contributed by atoms with Crippen LogP contribution in [0, 0.1) is 20.8 Å². The van der Waals surface area contributed by atoms with Gasteiger partial charge >= 0.3 is 0 Å². The van der Waals surface area contributed by atoms with Crippen molar-refractivity contribution in [2.75, 3.05) is 9.80 Å². The van der Waals surface area contributed by atoms with Crippen molar-refractivity contribution >= 4 is 22.7 Å². The van der Waals surface area contributed by atoms with Crippen molar-refractivity contribution in [3.05, 3.63) is 83.4 Å². The Bertz CT molecular complexity index is 909. The van der Waals surface area contributed by atoms with Crippen LogP contribution in [0.15, 0.2) is 66.7 Å². The number of hydrogen-bond donors (Lipinski definition) is 0. The third-order valence-electron chi connectivity index (χ3n) is 5.20. The van der Waals surface area contributed by atoms with Gasteiger partial charge in [-0.2, -0.15) is 0 Å². The first-order valence-electron chi connectivity index (χ1n) is 8.89. The average molecular weight is 328 g/mol. The summed E-state index contributed by atoms with van der Waals surface area (Å²) in [5.74, 6) is 0. The molecule has 1 aliphatic rings. The molecule has 2 heteroatoms. The fourth-order valence-corrected chi connectivity index (χ4v) is 4.05. The van der Waals surface area contributed by atoms with Crippen molar-refractivity contribution in [3.8, 4) is 0 Å². The Morgan fingerprint density at radius 3 is 1.64 bits per heavy atom. The lowest BCUT2D eigenvalue weighted by molar-refractivity contribution is 0.756. The van der Waals surface area contributed by atoms with E-state index in [1.165, 1.54) is 39.4 Å². The molecule has 25 heavy (non-hydrogen) atoms. The molecule has 126 valence electrons. The molecule has 0 unspecified atom stereocenters. The first kappa shape index (κ1) is 15.8. The fraction of sp³-hybridized carbons (Fsp3) is 0.217. The van der Waals surface area contributed by atoms with Crippen molar-refractivity contribution in [1.82, 2.24) is 0 Å². The Morgan fingerprint density at radius 1 is 0.560 bits per heavy atom. The Labute approximate surface area is 150 Å². The third-order valence-corrected chi connectivity index (χ3v) is 5.20. The minimum absolute atomic E-state index is 0.221. The summed E-state index contributed by atoms with van der Waals surface area (Å²) in [4.78, 5) is 4.93. The lowest BCUT2D eigenvalue weighted by Gasteiger charge is -2.32. The number of benzene rings is 3. The fourth-order valence-electron chi connectivity index (χ4n) is 4.05. The molecule has 0 bridgehead atoms. The normalized spacial score (nSPS) is 16.2. The zero-order valence-corrected chi connectivity index (χ0v) is 15.3. The monoisotopic (exact) mass is 328 g/mol. The third kappa shape index (κ3) is 2.41. The van der Waals surface area contributed by atoms with Gasteiger partial charge in [0.05, 0.1) is 11.4 Å². The molecule has 1 atom stereocenters. The first-order chi connectivity index (χ1) is 12.1. The molecule has 1 aliphatic heterocycles. The van der Waals surface area contributed by atoms with E-state index in [1.807, 2.05) is 0 Å². The molecule has 3 aromatic rings. The molecule has 0 amide bonds. The van der Waals surface area contributed by atoms with Crippen molar-refractivity contribution in [2.24, 2.45) is 0 Å². The molecule has 1 heterocycles. The molecule has 0 saturated carbocycles.